The summed E-state index contributed by atoms with van der Waals surface area (Å²) in [7, 11) is 1.59. The third kappa shape index (κ3) is 2.43. The highest BCUT2D eigenvalue weighted by Crippen LogP contribution is 2.24. The molecule has 3 heterocycles. The van der Waals surface area contributed by atoms with Gasteiger partial charge in [0.2, 0.25) is 5.91 Å². The number of carbonyl (C=O) groups is 2. The summed E-state index contributed by atoms with van der Waals surface area (Å²) in [6, 6.07) is 7.90. The van der Waals surface area contributed by atoms with Crippen molar-refractivity contribution in [2.75, 3.05) is 20.1 Å². The maximum atomic E-state index is 12.1. The first-order valence-electron chi connectivity index (χ1n) is 8.23. The van der Waals surface area contributed by atoms with Gasteiger partial charge in [-0.05, 0) is 12.1 Å². The largest absolute Gasteiger partial charge is 0.342 e. The number of nitrogens with one attached hydrogen (secondary N) is 2. The predicted molar refractivity (Wildman–Crippen MR) is 84.9 cm³/mol. The Balaban J connectivity index is 1.45. The second-order valence-corrected chi connectivity index (χ2v) is 6.62. The van der Waals surface area contributed by atoms with E-state index >= 15 is 0 Å². The van der Waals surface area contributed by atoms with E-state index in [4.69, 9.17) is 4.98 Å². The number of H-pyrrole nitrogens is 1. The number of likely N-dealkylation sites (N-methyl/N-ethyl adjacent to an activating group) is 1. The molecule has 0 aliphatic carbocycles. The van der Waals surface area contributed by atoms with Crippen LogP contribution in [0.3, 0.4) is 0 Å². The van der Waals surface area contributed by atoms with Gasteiger partial charge in [0.05, 0.1) is 30.5 Å². The number of nitrogens with zero attached hydrogens (tertiary/aromatic N) is 2. The minimum atomic E-state index is -0.177. The van der Waals surface area contributed by atoms with E-state index in [0.717, 1.165) is 42.8 Å². The van der Waals surface area contributed by atoms with Crippen LogP contribution in [0.2, 0.25) is 0 Å². The number of piperidine rings is 1. The SMILES string of the molecule is CN1C(=O)CC([NH+]2CCC(c3nc4ccccc4[nH]3)CC2)C1=O. The van der Waals surface area contributed by atoms with Crippen LogP contribution >= 0.6 is 0 Å². The Morgan fingerprint density at radius 3 is 2.61 bits per heavy atom. The molecule has 0 spiro atoms. The summed E-state index contributed by atoms with van der Waals surface area (Å²) in [5.74, 6) is 1.39. The molecule has 2 aliphatic heterocycles. The van der Waals surface area contributed by atoms with Gasteiger partial charge in [-0.25, -0.2) is 4.98 Å². The van der Waals surface area contributed by atoms with Gasteiger partial charge in [0.25, 0.3) is 5.91 Å². The lowest BCUT2D eigenvalue weighted by Gasteiger charge is -2.31. The van der Waals surface area contributed by atoms with Gasteiger partial charge in [-0.3, -0.25) is 14.5 Å². The Morgan fingerprint density at radius 1 is 1.22 bits per heavy atom. The average Bonchev–Trinajstić information content (AvgIpc) is 3.12. The van der Waals surface area contributed by atoms with Gasteiger partial charge in [0.15, 0.2) is 6.04 Å². The summed E-state index contributed by atoms with van der Waals surface area (Å²) in [6.45, 7) is 1.83. The Labute approximate surface area is 134 Å². The molecule has 2 aromatic rings. The molecule has 1 unspecified atom stereocenters. The first kappa shape index (κ1) is 14.4. The number of rotatable bonds is 2. The molecule has 0 bridgehead atoms. The van der Waals surface area contributed by atoms with Crippen LogP contribution in [-0.4, -0.2) is 52.9 Å². The number of hydrogen-bond donors (Lipinski definition) is 2. The molecular formula is C17H21N4O2+. The van der Waals surface area contributed by atoms with E-state index in [1.807, 2.05) is 24.3 Å². The highest BCUT2D eigenvalue weighted by Gasteiger charge is 2.44. The number of para-hydroxylation sites is 2. The number of likely N-dealkylation sites (tertiary alicyclic amines) is 2. The second-order valence-electron chi connectivity index (χ2n) is 6.62. The number of quaternary nitrogens is 1. The fourth-order valence-corrected chi connectivity index (χ4v) is 3.85. The maximum absolute atomic E-state index is 12.1. The predicted octanol–water partition coefficient (Wildman–Crippen LogP) is 0.0825. The van der Waals surface area contributed by atoms with Crippen LogP contribution in [0.25, 0.3) is 11.0 Å². The molecule has 23 heavy (non-hydrogen) atoms. The van der Waals surface area contributed by atoms with E-state index in [0.29, 0.717) is 12.3 Å². The van der Waals surface area contributed by atoms with Gasteiger partial charge < -0.3 is 9.88 Å². The summed E-state index contributed by atoms with van der Waals surface area (Å²) < 4.78 is 0. The smallest absolute Gasteiger partial charge is 0.287 e. The number of imide groups is 1. The molecule has 2 amide bonds. The zero-order chi connectivity index (χ0) is 16.0. The quantitative estimate of drug-likeness (QED) is 0.772. The van der Waals surface area contributed by atoms with Crippen molar-refractivity contribution < 1.29 is 14.5 Å². The molecule has 0 radical (unpaired) electrons. The minimum absolute atomic E-state index is 0.0211. The number of carbonyl (C=O) groups excluding carboxylic acids is 2. The fraction of sp³-hybridized carbons (Fsp3) is 0.471. The van der Waals surface area contributed by atoms with Gasteiger partial charge in [0.1, 0.15) is 5.82 Å². The van der Waals surface area contributed by atoms with Crippen LogP contribution in [0.5, 0.6) is 0 Å². The van der Waals surface area contributed by atoms with E-state index in [9.17, 15) is 9.59 Å². The molecule has 0 saturated carbocycles. The van der Waals surface area contributed by atoms with Crippen molar-refractivity contribution in [2.45, 2.75) is 31.2 Å². The van der Waals surface area contributed by atoms with Crippen molar-refractivity contribution in [1.29, 1.82) is 0 Å². The summed E-state index contributed by atoms with van der Waals surface area (Å²) in [5.41, 5.74) is 2.09. The fourth-order valence-electron chi connectivity index (χ4n) is 3.85. The van der Waals surface area contributed by atoms with E-state index in [2.05, 4.69) is 4.98 Å². The van der Waals surface area contributed by atoms with Crippen LogP contribution in [0.4, 0.5) is 0 Å². The van der Waals surface area contributed by atoms with Crippen molar-refractivity contribution in [3.8, 4) is 0 Å². The normalized spacial score (nSPS) is 28.7. The van der Waals surface area contributed by atoms with Gasteiger partial charge >= 0.3 is 0 Å². The maximum Gasteiger partial charge on any atom is 0.287 e. The molecule has 6 nitrogen and oxygen atoms in total. The summed E-state index contributed by atoms with van der Waals surface area (Å²) in [5, 5.41) is 0. The van der Waals surface area contributed by atoms with Crippen LogP contribution in [0, 0.1) is 0 Å². The second kappa shape index (κ2) is 5.45. The van der Waals surface area contributed by atoms with Crippen molar-refractivity contribution in [3.63, 3.8) is 0 Å². The molecule has 120 valence electrons. The monoisotopic (exact) mass is 313 g/mol. The van der Waals surface area contributed by atoms with E-state index < -0.39 is 0 Å². The number of hydrogen-bond acceptors (Lipinski definition) is 3. The number of aromatic amines is 1. The Hall–Kier alpha value is -2.21. The zero-order valence-electron chi connectivity index (χ0n) is 13.2. The first-order chi connectivity index (χ1) is 11.1. The number of aromatic nitrogens is 2. The average molecular weight is 313 g/mol. The summed E-state index contributed by atoms with van der Waals surface area (Å²) in [4.78, 5) is 34.5. The number of benzene rings is 1. The first-order valence-corrected chi connectivity index (χ1v) is 8.23. The Morgan fingerprint density at radius 2 is 1.96 bits per heavy atom. The van der Waals surface area contributed by atoms with Gasteiger partial charge in [-0.2, -0.15) is 0 Å². The molecular weight excluding hydrogens is 292 g/mol. The summed E-state index contributed by atoms with van der Waals surface area (Å²) >= 11 is 0. The van der Waals surface area contributed by atoms with Gasteiger partial charge in [0, 0.05) is 25.8 Å². The zero-order valence-corrected chi connectivity index (χ0v) is 13.2. The van der Waals surface area contributed by atoms with E-state index in [1.54, 1.807) is 7.05 Å². The highest BCUT2D eigenvalue weighted by atomic mass is 16.2. The lowest BCUT2D eigenvalue weighted by molar-refractivity contribution is -0.920. The molecule has 2 N–H and O–H groups in total. The number of imidazole rings is 1. The molecule has 6 heteroatoms. The lowest BCUT2D eigenvalue weighted by Crippen LogP contribution is -3.17. The molecule has 1 aromatic heterocycles. The van der Waals surface area contributed by atoms with Crippen LogP contribution in [-0.2, 0) is 9.59 Å². The lowest BCUT2D eigenvalue weighted by atomic mass is 9.95. The molecule has 2 aliphatic rings. The third-order valence-electron chi connectivity index (χ3n) is 5.30. The van der Waals surface area contributed by atoms with Crippen LogP contribution in [0.1, 0.15) is 31.0 Å². The van der Waals surface area contributed by atoms with Crippen molar-refractivity contribution in [2.24, 2.45) is 0 Å². The highest BCUT2D eigenvalue weighted by molar-refractivity contribution is 6.04. The number of amides is 2. The Kier molecular flexibility index (Phi) is 3.41. The van der Waals surface area contributed by atoms with Gasteiger partial charge in [-0.1, -0.05) is 12.1 Å². The standard InChI is InChI=1S/C17H20N4O2/c1-20-15(22)10-14(17(20)23)21-8-6-11(7-9-21)16-18-12-4-2-3-5-13(12)19-16/h2-5,11,14H,6-10H2,1H3,(H,18,19)/p+1. The summed E-state index contributed by atoms with van der Waals surface area (Å²) in [6.07, 6.45) is 2.35. The molecule has 1 aromatic carbocycles. The van der Waals surface area contributed by atoms with E-state index in [1.165, 1.54) is 9.80 Å². The molecule has 1 atom stereocenters. The van der Waals surface area contributed by atoms with Crippen molar-refractivity contribution in [3.05, 3.63) is 30.1 Å². The number of fused-ring (bicyclic) bond motifs is 1. The van der Waals surface area contributed by atoms with Gasteiger partial charge in [-0.15, -0.1) is 0 Å². The molecule has 2 saturated heterocycles. The van der Waals surface area contributed by atoms with Crippen LogP contribution < -0.4 is 4.90 Å². The van der Waals surface area contributed by atoms with E-state index in [-0.39, 0.29) is 17.9 Å². The Bertz CT molecular complexity index is 728. The van der Waals surface area contributed by atoms with Crippen molar-refractivity contribution in [1.82, 2.24) is 14.9 Å². The minimum Gasteiger partial charge on any atom is -0.342 e. The molecule has 2 fully saturated rings. The molecule has 4 rings (SSSR count). The topological polar surface area (TPSA) is 70.5 Å². The van der Waals surface area contributed by atoms with Crippen LogP contribution in [0.15, 0.2) is 24.3 Å². The van der Waals surface area contributed by atoms with Crippen molar-refractivity contribution >= 4 is 22.8 Å². The third-order valence-corrected chi connectivity index (χ3v) is 5.30.